The second-order valence-electron chi connectivity index (χ2n) is 5.69. The molecule has 0 amide bonds. The van der Waals surface area contributed by atoms with Gasteiger partial charge in [-0.2, -0.15) is 0 Å². The van der Waals surface area contributed by atoms with E-state index in [1.54, 1.807) is 6.33 Å². The molecule has 0 saturated carbocycles. The Morgan fingerprint density at radius 2 is 2.00 bits per heavy atom. The molecule has 1 aliphatic heterocycles. The predicted molar refractivity (Wildman–Crippen MR) is 84.0 cm³/mol. The minimum absolute atomic E-state index is 0.239. The Labute approximate surface area is 126 Å². The van der Waals surface area contributed by atoms with E-state index in [1.807, 2.05) is 18.2 Å². The number of carboxylic acids is 1. The monoisotopic (exact) mass is 296 g/mol. The van der Waals surface area contributed by atoms with E-state index in [1.165, 1.54) is 0 Å². The van der Waals surface area contributed by atoms with Crippen LogP contribution in [-0.4, -0.2) is 39.1 Å². The van der Waals surface area contributed by atoms with Crippen molar-refractivity contribution in [3.63, 3.8) is 0 Å². The number of piperidine rings is 1. The van der Waals surface area contributed by atoms with Crippen molar-refractivity contribution in [1.29, 1.82) is 0 Å². The largest absolute Gasteiger partial charge is 0.481 e. The maximum atomic E-state index is 11.1. The van der Waals surface area contributed by atoms with Gasteiger partial charge < -0.3 is 15.0 Å². The number of anilines is 1. The van der Waals surface area contributed by atoms with Crippen LogP contribution >= 0.6 is 0 Å². The van der Waals surface area contributed by atoms with Crippen LogP contribution in [0.2, 0.25) is 0 Å². The second-order valence-corrected chi connectivity index (χ2v) is 5.69. The van der Waals surface area contributed by atoms with E-state index in [0.29, 0.717) is 25.9 Å². The first-order chi connectivity index (χ1) is 10.7. The smallest absolute Gasteiger partial charge is 0.306 e. The Morgan fingerprint density at radius 3 is 2.77 bits per heavy atom. The van der Waals surface area contributed by atoms with E-state index in [0.717, 1.165) is 27.8 Å². The molecule has 0 radical (unpaired) electrons. The minimum Gasteiger partial charge on any atom is -0.481 e. The molecule has 1 saturated heterocycles. The quantitative estimate of drug-likeness (QED) is 0.759. The van der Waals surface area contributed by atoms with Gasteiger partial charge in [0.15, 0.2) is 0 Å². The van der Waals surface area contributed by atoms with Crippen molar-refractivity contribution < 1.29 is 9.90 Å². The van der Waals surface area contributed by atoms with Crippen LogP contribution in [0.5, 0.6) is 0 Å². The molecule has 0 unspecified atom stereocenters. The summed E-state index contributed by atoms with van der Waals surface area (Å²) in [7, 11) is 0. The molecule has 0 spiro atoms. The summed E-state index contributed by atoms with van der Waals surface area (Å²) in [5.41, 5.74) is 1.87. The topological polar surface area (TPSA) is 82.1 Å². The van der Waals surface area contributed by atoms with Gasteiger partial charge in [0.25, 0.3) is 0 Å². The van der Waals surface area contributed by atoms with Crippen LogP contribution in [0.15, 0.2) is 30.6 Å². The van der Waals surface area contributed by atoms with Crippen LogP contribution in [0.4, 0.5) is 5.82 Å². The molecule has 6 heteroatoms. The third-order valence-corrected chi connectivity index (χ3v) is 4.42. The number of para-hydroxylation sites is 1. The van der Waals surface area contributed by atoms with Crippen LogP contribution in [0.25, 0.3) is 21.9 Å². The minimum atomic E-state index is -0.695. The fraction of sp³-hybridized carbons (Fsp3) is 0.312. The van der Waals surface area contributed by atoms with Crippen LogP contribution in [-0.2, 0) is 4.79 Å². The summed E-state index contributed by atoms with van der Waals surface area (Å²) in [5, 5.41) is 11.3. The average Bonchev–Trinajstić information content (AvgIpc) is 2.93. The molecule has 112 valence electrons. The van der Waals surface area contributed by atoms with Gasteiger partial charge in [0.1, 0.15) is 17.8 Å². The number of aromatic nitrogens is 3. The second kappa shape index (κ2) is 4.98. The number of nitrogens with zero attached hydrogens (tertiary/aromatic N) is 3. The number of hydrogen-bond donors (Lipinski definition) is 2. The molecule has 0 bridgehead atoms. The van der Waals surface area contributed by atoms with Crippen molar-refractivity contribution in [3.05, 3.63) is 30.6 Å². The molecule has 1 fully saturated rings. The molecular formula is C16H16N4O2. The predicted octanol–water partition coefficient (Wildman–Crippen LogP) is 2.41. The number of hydrogen-bond acceptors (Lipinski definition) is 4. The highest BCUT2D eigenvalue weighted by atomic mass is 16.4. The lowest BCUT2D eigenvalue weighted by Crippen LogP contribution is -2.36. The van der Waals surface area contributed by atoms with Crippen molar-refractivity contribution in [2.75, 3.05) is 18.0 Å². The number of H-pyrrole nitrogens is 1. The highest BCUT2D eigenvalue weighted by Crippen LogP contribution is 2.32. The zero-order chi connectivity index (χ0) is 15.1. The maximum absolute atomic E-state index is 11.1. The van der Waals surface area contributed by atoms with E-state index in [-0.39, 0.29) is 5.92 Å². The summed E-state index contributed by atoms with van der Waals surface area (Å²) < 4.78 is 0. The van der Waals surface area contributed by atoms with Gasteiger partial charge in [-0.15, -0.1) is 0 Å². The summed E-state index contributed by atoms with van der Waals surface area (Å²) in [6.07, 6.45) is 2.88. The van der Waals surface area contributed by atoms with Gasteiger partial charge in [-0.05, 0) is 18.9 Å². The van der Waals surface area contributed by atoms with Gasteiger partial charge in [0.2, 0.25) is 0 Å². The third-order valence-electron chi connectivity index (χ3n) is 4.42. The van der Waals surface area contributed by atoms with Crippen LogP contribution in [0.3, 0.4) is 0 Å². The normalized spacial score (nSPS) is 16.5. The van der Waals surface area contributed by atoms with Gasteiger partial charge in [-0.1, -0.05) is 18.2 Å². The van der Waals surface area contributed by atoms with Crippen molar-refractivity contribution >= 4 is 33.7 Å². The van der Waals surface area contributed by atoms with Crippen molar-refractivity contribution in [3.8, 4) is 0 Å². The van der Waals surface area contributed by atoms with Gasteiger partial charge in [0, 0.05) is 24.0 Å². The lowest BCUT2D eigenvalue weighted by molar-refractivity contribution is -0.142. The molecule has 6 nitrogen and oxygen atoms in total. The van der Waals surface area contributed by atoms with E-state index < -0.39 is 5.97 Å². The third kappa shape index (κ3) is 1.99. The lowest BCUT2D eigenvalue weighted by atomic mass is 9.97. The maximum Gasteiger partial charge on any atom is 0.306 e. The molecule has 22 heavy (non-hydrogen) atoms. The molecule has 1 aliphatic rings. The zero-order valence-corrected chi connectivity index (χ0v) is 12.0. The number of carboxylic acid groups (broad SMARTS) is 1. The Morgan fingerprint density at radius 1 is 1.23 bits per heavy atom. The first kappa shape index (κ1) is 13.1. The van der Waals surface area contributed by atoms with Crippen LogP contribution in [0.1, 0.15) is 12.8 Å². The Hall–Kier alpha value is -2.63. The molecule has 2 N–H and O–H groups in total. The molecular weight excluding hydrogens is 280 g/mol. The van der Waals surface area contributed by atoms with Crippen molar-refractivity contribution in [2.24, 2.45) is 5.92 Å². The Balaban J connectivity index is 1.77. The number of benzene rings is 1. The van der Waals surface area contributed by atoms with Gasteiger partial charge >= 0.3 is 5.97 Å². The number of carbonyl (C=O) groups is 1. The van der Waals surface area contributed by atoms with Crippen LogP contribution < -0.4 is 4.90 Å². The number of nitrogens with one attached hydrogen (secondary N) is 1. The molecule has 0 atom stereocenters. The number of rotatable bonds is 2. The molecule has 2 aromatic heterocycles. The molecule has 4 rings (SSSR count). The fourth-order valence-corrected chi connectivity index (χ4v) is 3.23. The standard InChI is InChI=1S/C16H16N4O2/c21-16(22)10-5-7-20(8-6-10)15-13-11-3-1-2-4-12(11)19-14(13)17-9-18-15/h1-4,9-10H,5-8H2,(H,21,22)(H,17,18,19). The summed E-state index contributed by atoms with van der Waals surface area (Å²) in [4.78, 5) is 25.4. The summed E-state index contributed by atoms with van der Waals surface area (Å²) >= 11 is 0. The van der Waals surface area contributed by atoms with Crippen molar-refractivity contribution in [1.82, 2.24) is 15.0 Å². The zero-order valence-electron chi connectivity index (χ0n) is 12.0. The Kier molecular flexibility index (Phi) is 2.96. The molecule has 3 aromatic rings. The first-order valence-corrected chi connectivity index (χ1v) is 7.43. The summed E-state index contributed by atoms with van der Waals surface area (Å²) in [6.45, 7) is 1.42. The SMILES string of the molecule is O=C(O)C1CCN(c2ncnc3[nH]c4ccccc4c23)CC1. The summed E-state index contributed by atoms with van der Waals surface area (Å²) in [6, 6.07) is 8.08. The van der Waals surface area contributed by atoms with Crippen LogP contribution in [0, 0.1) is 5.92 Å². The Bertz CT molecular complexity index is 850. The van der Waals surface area contributed by atoms with Crippen molar-refractivity contribution in [2.45, 2.75) is 12.8 Å². The molecule has 1 aromatic carbocycles. The fourth-order valence-electron chi connectivity index (χ4n) is 3.23. The van der Waals surface area contributed by atoms with E-state index in [4.69, 9.17) is 5.11 Å². The summed E-state index contributed by atoms with van der Waals surface area (Å²) in [5.74, 6) is -0.0394. The number of aromatic amines is 1. The van der Waals surface area contributed by atoms with Gasteiger partial charge in [0.05, 0.1) is 11.3 Å². The van der Waals surface area contributed by atoms with Gasteiger partial charge in [-0.3, -0.25) is 4.79 Å². The van der Waals surface area contributed by atoms with E-state index >= 15 is 0 Å². The highest BCUT2D eigenvalue weighted by Gasteiger charge is 2.26. The molecule has 3 heterocycles. The number of aliphatic carboxylic acids is 1. The molecule has 0 aliphatic carbocycles. The number of fused-ring (bicyclic) bond motifs is 3. The lowest BCUT2D eigenvalue weighted by Gasteiger charge is -2.31. The van der Waals surface area contributed by atoms with Gasteiger partial charge in [-0.25, -0.2) is 9.97 Å². The van der Waals surface area contributed by atoms with E-state index in [9.17, 15) is 4.79 Å². The first-order valence-electron chi connectivity index (χ1n) is 7.43. The highest BCUT2D eigenvalue weighted by molar-refractivity contribution is 6.11. The average molecular weight is 296 g/mol. The van der Waals surface area contributed by atoms with E-state index in [2.05, 4.69) is 25.9 Å².